The number of hydrogen-bond acceptors (Lipinski definition) is 24. The van der Waals surface area contributed by atoms with Crippen LogP contribution in [0.5, 0.6) is 0 Å². The van der Waals surface area contributed by atoms with Gasteiger partial charge in [-0.25, -0.2) is 0 Å². The predicted octanol–water partition coefficient (Wildman–Crippen LogP) is -2.55. The fourth-order valence-corrected chi connectivity index (χ4v) is 13.8. The molecule has 38 heteroatoms. The zero-order valence-electron chi connectivity index (χ0n) is 62.5. The molecule has 5 rings (SSSR count). The molecule has 1 aromatic heterocycles. The highest BCUT2D eigenvalue weighted by Crippen LogP contribution is 2.36. The number of rotatable bonds is 56. The number of unbranched alkanes of at least 4 members (excludes halogenated alkanes) is 1. The van der Waals surface area contributed by atoms with E-state index in [1.54, 1.807) is 16.8 Å². The summed E-state index contributed by atoms with van der Waals surface area (Å²) in [5.74, 6) is -12.2. The minimum Gasteiger partial charge on any atom is -0.513 e. The summed E-state index contributed by atoms with van der Waals surface area (Å²) in [5.41, 5.74) is 5.90. The number of amides is 9. The third-order valence-corrected chi connectivity index (χ3v) is 19.1. The number of aliphatic hydroxyl groups excluding tert-OH is 1. The van der Waals surface area contributed by atoms with Crippen molar-refractivity contribution < 1.29 is 116 Å². The molecule has 3 aliphatic rings. The molecule has 0 bridgehead atoms. The van der Waals surface area contributed by atoms with Gasteiger partial charge in [0.25, 0.3) is 0 Å². The van der Waals surface area contributed by atoms with Crippen LogP contribution < -0.4 is 48.3 Å². The number of allylic oxidation sites excluding steroid dienone is 1. The fraction of sp³-hybridized carbons (Fsp3) is 0.653. The number of carbonyl (C=O) groups excluding carboxylic acids is 11. The fourth-order valence-electron chi connectivity index (χ4n) is 13.8. The molecule has 16 N–H and O–H groups in total. The number of aliphatic hydroxyl groups is 1. The molecule has 0 spiro atoms. The van der Waals surface area contributed by atoms with Gasteiger partial charge in [-0.05, 0) is 89.3 Å². The SMILES string of the molecule is C=C(O)C[C@H](CC(=O)[C@H](Cc1c[nH]c2ccccc12)NC)C(=O)N1CCC[C@H]1C(=O)NCC(=O)NCC(=O)NCC(=O)N[C@@H](CCCCNC(=O)COCCOCCCC(=O)COCCOCCNC(=O)CCCC(=O)NCCC1(N(CC(=O)O)CC(=O)O)CN(CC(=O)O)[C@@H]2CCCC[C@H]2N(CC(=O)O)C1)C(N)=O. The summed E-state index contributed by atoms with van der Waals surface area (Å²) in [6.07, 6.45) is 6.64. The molecule has 3 fully saturated rings. The highest BCUT2D eigenvalue weighted by Gasteiger charge is 2.50. The van der Waals surface area contributed by atoms with Crippen molar-refractivity contribution in [3.63, 3.8) is 0 Å². The summed E-state index contributed by atoms with van der Waals surface area (Å²) in [6.45, 7) is 0.262. The second kappa shape index (κ2) is 48.8. The number of carboxylic acid groups (broad SMARTS) is 4. The van der Waals surface area contributed by atoms with Crippen LogP contribution in [0.15, 0.2) is 42.8 Å². The number of primary amides is 1. The number of nitrogens with zero attached hydrogens (tertiary/aromatic N) is 4. The molecule has 0 unspecified atom stereocenters. The number of carboxylic acids is 4. The quantitative estimate of drug-likeness (QED) is 0.0239. The highest BCUT2D eigenvalue weighted by molar-refractivity contribution is 5.96. The average Bonchev–Trinajstić information content (AvgIpc) is 1.60. The number of carbonyl (C=O) groups is 15. The summed E-state index contributed by atoms with van der Waals surface area (Å²) in [5, 5.41) is 71.4. The molecule has 2 saturated heterocycles. The summed E-state index contributed by atoms with van der Waals surface area (Å²) in [4.78, 5) is 198. The van der Waals surface area contributed by atoms with Gasteiger partial charge in [0.2, 0.25) is 53.2 Å². The minimum absolute atomic E-state index is 0.00335. The topological polar surface area (TPSA) is 545 Å². The van der Waals surface area contributed by atoms with Crippen LogP contribution in [0.4, 0.5) is 0 Å². The molecule has 1 aliphatic carbocycles. The Hall–Kier alpha value is -9.57. The van der Waals surface area contributed by atoms with Crippen molar-refractivity contribution in [2.45, 2.75) is 151 Å². The highest BCUT2D eigenvalue weighted by atomic mass is 16.5. The third-order valence-electron chi connectivity index (χ3n) is 19.1. The maximum Gasteiger partial charge on any atom is 0.317 e. The van der Waals surface area contributed by atoms with Crippen LogP contribution in [0.1, 0.15) is 115 Å². The average molecular weight is 1560 g/mol. The largest absolute Gasteiger partial charge is 0.513 e. The van der Waals surface area contributed by atoms with Crippen molar-refractivity contribution >= 4 is 99.5 Å². The van der Waals surface area contributed by atoms with Crippen molar-refractivity contribution in [2.75, 3.05) is 145 Å². The molecule has 2 aromatic rings. The van der Waals surface area contributed by atoms with E-state index in [2.05, 4.69) is 54.1 Å². The normalized spacial score (nSPS) is 17.1. The maximum atomic E-state index is 13.9. The summed E-state index contributed by atoms with van der Waals surface area (Å²) >= 11 is 0. The lowest BCUT2D eigenvalue weighted by Crippen LogP contribution is -2.63. The molecule has 1 aromatic carbocycles. The van der Waals surface area contributed by atoms with Gasteiger partial charge in [0.1, 0.15) is 25.3 Å². The van der Waals surface area contributed by atoms with Gasteiger partial charge in [-0.3, -0.25) is 86.6 Å². The van der Waals surface area contributed by atoms with Crippen molar-refractivity contribution in [1.29, 1.82) is 0 Å². The Morgan fingerprint density at radius 2 is 1.18 bits per heavy atom. The first-order valence-electron chi connectivity index (χ1n) is 37.1. The van der Waals surface area contributed by atoms with Crippen molar-refractivity contribution in [1.82, 2.24) is 67.1 Å². The maximum absolute atomic E-state index is 13.9. The summed E-state index contributed by atoms with van der Waals surface area (Å²) in [7, 11) is 1.64. The van der Waals surface area contributed by atoms with E-state index in [1.807, 2.05) is 30.5 Å². The first kappa shape index (κ1) is 91.0. The van der Waals surface area contributed by atoms with Crippen molar-refractivity contribution in [2.24, 2.45) is 11.7 Å². The predicted molar refractivity (Wildman–Crippen MR) is 392 cm³/mol. The lowest BCUT2D eigenvalue weighted by atomic mass is 9.88. The van der Waals surface area contributed by atoms with E-state index in [0.717, 1.165) is 29.3 Å². The van der Waals surface area contributed by atoms with Gasteiger partial charge in [0.05, 0.1) is 96.6 Å². The number of likely N-dealkylation sites (tertiary alicyclic amines) is 1. The molecular weight excluding hydrogens is 1440 g/mol. The summed E-state index contributed by atoms with van der Waals surface area (Å²) < 4.78 is 21.7. The van der Waals surface area contributed by atoms with E-state index >= 15 is 0 Å². The molecule has 1 saturated carbocycles. The van der Waals surface area contributed by atoms with E-state index in [-0.39, 0.29) is 173 Å². The number of fused-ring (bicyclic) bond motifs is 2. The number of nitrogens with one attached hydrogen (secondary N) is 9. The zero-order chi connectivity index (χ0) is 80.5. The minimum atomic E-state index is -1.41. The number of para-hydroxylation sites is 1. The lowest BCUT2D eigenvalue weighted by molar-refractivity contribution is -0.148. The molecule has 0 radical (unpaired) electrons. The number of likely N-dealkylation sites (N-methyl/N-ethyl adjacent to an activating group) is 1. The first-order valence-corrected chi connectivity index (χ1v) is 37.1. The molecule has 3 heterocycles. The molecular formula is C72H110N14O24. The van der Waals surface area contributed by atoms with Crippen molar-refractivity contribution in [3.05, 3.63) is 48.4 Å². The van der Waals surface area contributed by atoms with Crippen LogP contribution in [-0.2, 0) is 97.3 Å². The van der Waals surface area contributed by atoms with Crippen LogP contribution in [0.3, 0.4) is 0 Å². The first-order chi connectivity index (χ1) is 52.6. The smallest absolute Gasteiger partial charge is 0.317 e. The monoisotopic (exact) mass is 1550 g/mol. The summed E-state index contributed by atoms with van der Waals surface area (Å²) in [6, 6.07) is 4.15. The molecule has 6 atom stereocenters. The number of benzene rings is 1. The Balaban J connectivity index is 0.830. The van der Waals surface area contributed by atoms with E-state index < -0.39 is 159 Å². The Labute approximate surface area is 637 Å². The number of H-pyrrole nitrogens is 1. The van der Waals surface area contributed by atoms with E-state index in [4.69, 9.17) is 24.7 Å². The van der Waals surface area contributed by atoms with Gasteiger partial charge in [-0.15, -0.1) is 0 Å². The number of ether oxygens (including phenoxy) is 4. The number of nitrogens with two attached hydrogens (primary N) is 1. The third kappa shape index (κ3) is 33.3. The number of Topliss-reactive ketones (excluding diaryl/α,β-unsaturated/α-hetero) is 2. The Kier molecular flexibility index (Phi) is 40.4. The van der Waals surface area contributed by atoms with Gasteiger partial charge in [-0.2, -0.15) is 0 Å². The van der Waals surface area contributed by atoms with E-state index in [1.165, 1.54) is 9.80 Å². The molecule has 9 amide bonds. The number of ketones is 2. The van der Waals surface area contributed by atoms with Gasteiger partial charge in [-0.1, -0.05) is 37.6 Å². The van der Waals surface area contributed by atoms with Gasteiger partial charge >= 0.3 is 23.9 Å². The van der Waals surface area contributed by atoms with Crippen molar-refractivity contribution in [3.8, 4) is 0 Å². The van der Waals surface area contributed by atoms with E-state index in [9.17, 15) is 97.5 Å². The standard InChI is InChI=1S/C72H110N14O24/c1-47(87)32-48(34-58(89)54(74-2)33-49-35-78-52-14-4-3-13-51(49)52)71(106)86-25-10-18-57(86)70(105)81-37-62(93)79-36-61(92)80-38-63(94)82-53(69(73)104)15-7-8-22-75-64(95)44-110-31-28-107-26-11-12-50(88)43-109-30-29-108-27-24-77-60(91)20-9-19-59(90)76-23-21-72(85(41-67(100)101)42-68(102)103)45-83(39-65(96)97)55-16-5-6-17-56(55)84(46-72)40-66(98)99/h3-4,13-14,35,48,53-57,74,78,87H,1,5-12,15-34,36-46H2,2H3,(H2,73,104)(H,75,95)(H,76,90)(H,77,91)(H,79,93)(H,80,92)(H,81,105)(H,82,94)(H,96,97)(H,98,99)(H,100,101)(H,102,103)/t48-,53+,54+,55-,56-,57+/m1/s1. The van der Waals surface area contributed by atoms with Gasteiger partial charge in [0.15, 0.2) is 11.6 Å². The Bertz CT molecular complexity index is 3400. The van der Waals surface area contributed by atoms with Crippen LogP contribution in [0.2, 0.25) is 0 Å². The Morgan fingerprint density at radius 1 is 0.600 bits per heavy atom. The van der Waals surface area contributed by atoms with Crippen LogP contribution in [0.25, 0.3) is 10.9 Å². The number of aliphatic carboxylic acids is 4. The Morgan fingerprint density at radius 3 is 1.79 bits per heavy atom. The second-order valence-corrected chi connectivity index (χ2v) is 27.5. The number of aromatic amines is 1. The van der Waals surface area contributed by atoms with Crippen LogP contribution in [0, 0.1) is 5.92 Å². The number of aromatic nitrogens is 1. The van der Waals surface area contributed by atoms with Gasteiger partial charge in [0, 0.05) is 113 Å². The van der Waals surface area contributed by atoms with Crippen LogP contribution in [-0.4, -0.2) is 319 Å². The molecule has 2 aliphatic heterocycles. The molecule has 612 valence electrons. The lowest BCUT2D eigenvalue weighted by Gasteiger charge is -2.45. The van der Waals surface area contributed by atoms with Gasteiger partial charge < -0.3 is 103 Å². The number of hydrogen-bond donors (Lipinski definition) is 15. The van der Waals surface area contributed by atoms with Crippen LogP contribution >= 0.6 is 0 Å². The molecule has 38 nitrogen and oxygen atoms in total. The second-order valence-electron chi connectivity index (χ2n) is 27.5. The molecule has 110 heavy (non-hydrogen) atoms. The zero-order valence-corrected chi connectivity index (χ0v) is 62.5. The van der Waals surface area contributed by atoms with E-state index in [0.29, 0.717) is 44.9 Å².